The van der Waals surface area contributed by atoms with E-state index in [1.54, 1.807) is 6.20 Å². The zero-order valence-electron chi connectivity index (χ0n) is 15.7. The number of hydrogen-bond donors (Lipinski definition) is 0. The molecule has 0 saturated carbocycles. The molecule has 6 heteroatoms. The lowest BCUT2D eigenvalue weighted by molar-refractivity contribution is 0.0394. The van der Waals surface area contributed by atoms with E-state index in [2.05, 4.69) is 29.1 Å². The van der Waals surface area contributed by atoms with E-state index in [0.717, 1.165) is 11.1 Å². The summed E-state index contributed by atoms with van der Waals surface area (Å²) in [6.07, 6.45) is 1.63. The van der Waals surface area contributed by atoms with Crippen LogP contribution in [0.1, 0.15) is 22.8 Å². The predicted octanol–water partition coefficient (Wildman–Crippen LogP) is 3.83. The van der Waals surface area contributed by atoms with E-state index in [4.69, 9.17) is 16.3 Å². The van der Waals surface area contributed by atoms with Crippen LogP contribution in [-0.2, 0) is 11.3 Å². The largest absolute Gasteiger partial charge is 0.370 e. The van der Waals surface area contributed by atoms with Gasteiger partial charge in [0.25, 0.3) is 5.56 Å². The summed E-state index contributed by atoms with van der Waals surface area (Å²) in [7, 11) is 0. The number of aryl methyl sites for hydroxylation is 1. The lowest BCUT2D eigenvalue weighted by atomic mass is 10.0. The smallest absolute Gasteiger partial charge is 0.287 e. The third-order valence-electron chi connectivity index (χ3n) is 5.08. The van der Waals surface area contributed by atoms with Crippen molar-refractivity contribution in [1.29, 1.82) is 0 Å². The number of rotatable bonds is 4. The Morgan fingerprint density at radius 1 is 1.14 bits per heavy atom. The van der Waals surface area contributed by atoms with Gasteiger partial charge in [-0.3, -0.25) is 4.79 Å². The number of aromatic nitrogens is 2. The molecule has 144 valence electrons. The van der Waals surface area contributed by atoms with Crippen LogP contribution >= 0.6 is 11.6 Å². The van der Waals surface area contributed by atoms with Gasteiger partial charge in [-0.05, 0) is 23.6 Å². The van der Waals surface area contributed by atoms with Gasteiger partial charge in [0.1, 0.15) is 11.1 Å². The summed E-state index contributed by atoms with van der Waals surface area (Å²) < 4.78 is 7.38. The topological polar surface area (TPSA) is 47.4 Å². The van der Waals surface area contributed by atoms with Crippen LogP contribution in [0.4, 0.5) is 5.69 Å². The van der Waals surface area contributed by atoms with Gasteiger partial charge in [-0.15, -0.1) is 0 Å². The number of anilines is 1. The third kappa shape index (κ3) is 3.81. The highest BCUT2D eigenvalue weighted by Crippen LogP contribution is 2.30. The van der Waals surface area contributed by atoms with E-state index in [0.29, 0.717) is 31.9 Å². The summed E-state index contributed by atoms with van der Waals surface area (Å²) in [4.78, 5) is 14.8. The molecule has 2 aromatic carbocycles. The molecule has 1 aliphatic rings. The first-order valence-corrected chi connectivity index (χ1v) is 9.73. The standard InChI is InChI=1S/C22H22ClN3O2/c1-16-7-5-6-10-18(16)20-15-25(11-12-28-20)19-13-24-26(22(27)21(19)23)14-17-8-3-2-4-9-17/h2-10,13,20H,11-12,14-15H2,1H3. The molecular weight excluding hydrogens is 374 g/mol. The second-order valence-corrected chi connectivity index (χ2v) is 7.33. The average molecular weight is 396 g/mol. The molecule has 0 radical (unpaired) electrons. The predicted molar refractivity (Wildman–Crippen MR) is 111 cm³/mol. The molecular formula is C22H22ClN3O2. The van der Waals surface area contributed by atoms with Gasteiger partial charge >= 0.3 is 0 Å². The lowest BCUT2D eigenvalue weighted by Gasteiger charge is -2.35. The van der Waals surface area contributed by atoms with Crippen molar-refractivity contribution in [3.63, 3.8) is 0 Å². The van der Waals surface area contributed by atoms with Gasteiger partial charge in [-0.1, -0.05) is 66.2 Å². The Labute approximate surface area is 169 Å². The Kier molecular flexibility index (Phi) is 5.46. The molecule has 1 saturated heterocycles. The fourth-order valence-electron chi connectivity index (χ4n) is 3.55. The van der Waals surface area contributed by atoms with E-state index in [1.807, 2.05) is 42.5 Å². The van der Waals surface area contributed by atoms with Gasteiger partial charge in [0.2, 0.25) is 0 Å². The molecule has 1 atom stereocenters. The fourth-order valence-corrected chi connectivity index (χ4v) is 3.82. The molecule has 0 amide bonds. The number of halogens is 1. The minimum absolute atomic E-state index is 0.0576. The van der Waals surface area contributed by atoms with Crippen LogP contribution in [0.2, 0.25) is 5.02 Å². The maximum atomic E-state index is 12.8. The van der Waals surface area contributed by atoms with Crippen LogP contribution in [0.3, 0.4) is 0 Å². The van der Waals surface area contributed by atoms with E-state index in [-0.39, 0.29) is 16.7 Å². The minimum atomic E-state index is -0.276. The molecule has 1 aliphatic heterocycles. The van der Waals surface area contributed by atoms with Crippen molar-refractivity contribution in [2.24, 2.45) is 0 Å². The van der Waals surface area contributed by atoms with Crippen molar-refractivity contribution in [3.8, 4) is 0 Å². The van der Waals surface area contributed by atoms with Crippen LogP contribution < -0.4 is 10.5 Å². The van der Waals surface area contributed by atoms with E-state index in [1.165, 1.54) is 10.2 Å². The Balaban J connectivity index is 1.58. The zero-order chi connectivity index (χ0) is 19.5. The van der Waals surface area contributed by atoms with Crippen molar-refractivity contribution in [1.82, 2.24) is 9.78 Å². The Morgan fingerprint density at radius 2 is 1.89 bits per heavy atom. The van der Waals surface area contributed by atoms with Gasteiger partial charge in [-0.2, -0.15) is 5.10 Å². The Morgan fingerprint density at radius 3 is 2.68 bits per heavy atom. The molecule has 2 heterocycles. The number of ether oxygens (including phenoxy) is 1. The number of hydrogen-bond acceptors (Lipinski definition) is 4. The van der Waals surface area contributed by atoms with Gasteiger partial charge < -0.3 is 9.64 Å². The quantitative estimate of drug-likeness (QED) is 0.673. The first-order chi connectivity index (χ1) is 13.6. The third-order valence-corrected chi connectivity index (χ3v) is 5.44. The van der Waals surface area contributed by atoms with Gasteiger partial charge in [-0.25, -0.2) is 4.68 Å². The highest BCUT2D eigenvalue weighted by molar-refractivity contribution is 6.33. The van der Waals surface area contributed by atoms with Crippen molar-refractivity contribution in [2.45, 2.75) is 19.6 Å². The number of benzene rings is 2. The summed E-state index contributed by atoms with van der Waals surface area (Å²) in [6, 6.07) is 18.0. The first-order valence-electron chi connectivity index (χ1n) is 9.35. The van der Waals surface area contributed by atoms with E-state index < -0.39 is 0 Å². The van der Waals surface area contributed by atoms with Crippen LogP contribution in [-0.4, -0.2) is 29.5 Å². The van der Waals surface area contributed by atoms with E-state index >= 15 is 0 Å². The molecule has 0 N–H and O–H groups in total. The Bertz CT molecular complexity index is 1020. The van der Waals surface area contributed by atoms with Crippen LogP contribution in [0.25, 0.3) is 0 Å². The molecule has 28 heavy (non-hydrogen) atoms. The minimum Gasteiger partial charge on any atom is -0.370 e. The molecule has 3 aromatic rings. The van der Waals surface area contributed by atoms with Gasteiger partial charge in [0.05, 0.1) is 25.0 Å². The monoisotopic (exact) mass is 395 g/mol. The zero-order valence-corrected chi connectivity index (χ0v) is 16.5. The normalized spacial score (nSPS) is 16.9. The molecule has 5 nitrogen and oxygen atoms in total. The second kappa shape index (κ2) is 8.17. The van der Waals surface area contributed by atoms with Crippen molar-refractivity contribution in [2.75, 3.05) is 24.6 Å². The average Bonchev–Trinajstić information content (AvgIpc) is 2.73. The van der Waals surface area contributed by atoms with Gasteiger partial charge in [0, 0.05) is 13.1 Å². The van der Waals surface area contributed by atoms with E-state index in [9.17, 15) is 4.79 Å². The van der Waals surface area contributed by atoms with Crippen molar-refractivity contribution >= 4 is 17.3 Å². The fraction of sp³-hybridized carbons (Fsp3) is 0.273. The molecule has 0 spiro atoms. The highest BCUT2D eigenvalue weighted by atomic mass is 35.5. The molecule has 4 rings (SSSR count). The molecule has 1 unspecified atom stereocenters. The summed E-state index contributed by atoms with van der Waals surface area (Å²) in [6.45, 7) is 4.36. The maximum Gasteiger partial charge on any atom is 0.287 e. The summed E-state index contributed by atoms with van der Waals surface area (Å²) >= 11 is 6.47. The van der Waals surface area contributed by atoms with Crippen LogP contribution in [0.15, 0.2) is 65.6 Å². The summed E-state index contributed by atoms with van der Waals surface area (Å²) in [5.74, 6) is 0. The van der Waals surface area contributed by atoms with Crippen molar-refractivity contribution < 1.29 is 4.74 Å². The van der Waals surface area contributed by atoms with Gasteiger partial charge in [0.15, 0.2) is 0 Å². The molecule has 1 aromatic heterocycles. The first kappa shape index (κ1) is 18.7. The van der Waals surface area contributed by atoms with Crippen LogP contribution in [0.5, 0.6) is 0 Å². The summed E-state index contributed by atoms with van der Waals surface area (Å²) in [5.41, 5.74) is 3.75. The summed E-state index contributed by atoms with van der Waals surface area (Å²) in [5, 5.41) is 4.57. The number of nitrogens with zero attached hydrogens (tertiary/aromatic N) is 3. The molecule has 0 bridgehead atoms. The maximum absolute atomic E-state index is 12.8. The molecule has 1 fully saturated rings. The highest BCUT2D eigenvalue weighted by Gasteiger charge is 2.26. The van der Waals surface area contributed by atoms with Crippen molar-refractivity contribution in [3.05, 3.63) is 92.9 Å². The second-order valence-electron chi connectivity index (χ2n) is 6.95. The number of morpholine rings is 1. The van der Waals surface area contributed by atoms with Crippen LogP contribution in [0, 0.1) is 6.92 Å². The lowest BCUT2D eigenvalue weighted by Crippen LogP contribution is -2.40. The Hall–Kier alpha value is -2.63. The SMILES string of the molecule is Cc1ccccc1C1CN(c2cnn(Cc3ccccc3)c(=O)c2Cl)CCO1. The molecule has 0 aliphatic carbocycles.